The molecule has 0 saturated carbocycles. The van der Waals surface area contributed by atoms with Crippen molar-refractivity contribution in [2.45, 2.75) is 27.2 Å². The van der Waals surface area contributed by atoms with Crippen molar-refractivity contribution < 1.29 is 9.59 Å². The van der Waals surface area contributed by atoms with E-state index in [-0.39, 0.29) is 18.2 Å². The third kappa shape index (κ3) is 5.87. The van der Waals surface area contributed by atoms with Gasteiger partial charge in [0.15, 0.2) is 0 Å². The summed E-state index contributed by atoms with van der Waals surface area (Å²) in [6, 6.07) is 5.51. The van der Waals surface area contributed by atoms with Gasteiger partial charge in [-0.1, -0.05) is 29.8 Å². The zero-order valence-corrected chi connectivity index (χ0v) is 13.0. The van der Waals surface area contributed by atoms with Gasteiger partial charge in [0, 0.05) is 16.7 Å². The van der Waals surface area contributed by atoms with E-state index in [1.807, 2.05) is 32.9 Å². The number of amides is 2. The first-order valence-corrected chi connectivity index (χ1v) is 7.00. The number of hydrogen-bond acceptors (Lipinski definition) is 2. The van der Waals surface area contributed by atoms with E-state index in [0.29, 0.717) is 18.2 Å². The van der Waals surface area contributed by atoms with E-state index in [1.54, 1.807) is 6.07 Å². The molecule has 0 unspecified atom stereocenters. The van der Waals surface area contributed by atoms with Gasteiger partial charge >= 0.3 is 0 Å². The minimum absolute atomic E-state index is 0.151. The Morgan fingerprint density at radius 2 is 1.95 bits per heavy atom. The van der Waals surface area contributed by atoms with Crippen LogP contribution in [0, 0.1) is 12.8 Å². The molecule has 19 heavy (non-hydrogen) atoms. The molecule has 0 atom stereocenters. The van der Waals surface area contributed by atoms with Crippen LogP contribution in [0.5, 0.6) is 0 Å². The molecule has 1 rings (SSSR count). The summed E-state index contributed by atoms with van der Waals surface area (Å²) >= 11 is 3.39. The number of halogens is 1. The fourth-order valence-corrected chi connectivity index (χ4v) is 1.70. The van der Waals surface area contributed by atoms with Crippen molar-refractivity contribution in [2.75, 3.05) is 11.9 Å². The molecule has 0 bridgehead atoms. The first-order chi connectivity index (χ1) is 8.88. The van der Waals surface area contributed by atoms with Crippen molar-refractivity contribution in [3.05, 3.63) is 28.2 Å². The van der Waals surface area contributed by atoms with Gasteiger partial charge in [0.1, 0.15) is 6.42 Å². The molecular weight excluding hydrogens is 308 g/mol. The number of rotatable bonds is 5. The molecule has 104 valence electrons. The lowest BCUT2D eigenvalue weighted by Crippen LogP contribution is -2.30. The summed E-state index contributed by atoms with van der Waals surface area (Å²) in [5.41, 5.74) is 1.73. The Balaban J connectivity index is 2.46. The zero-order chi connectivity index (χ0) is 14.4. The van der Waals surface area contributed by atoms with Crippen LogP contribution < -0.4 is 10.6 Å². The Labute approximate surface area is 122 Å². The highest BCUT2D eigenvalue weighted by molar-refractivity contribution is 9.10. The van der Waals surface area contributed by atoms with Gasteiger partial charge < -0.3 is 10.6 Å². The SMILES string of the molecule is Cc1cc(NC(=O)CC(=O)NCC(C)C)ccc1Br. The van der Waals surface area contributed by atoms with Crippen LogP contribution in [0.4, 0.5) is 5.69 Å². The molecule has 0 radical (unpaired) electrons. The Morgan fingerprint density at radius 1 is 1.26 bits per heavy atom. The second-order valence-electron chi connectivity index (χ2n) is 4.89. The summed E-state index contributed by atoms with van der Waals surface area (Å²) in [4.78, 5) is 23.2. The molecular formula is C14H19BrN2O2. The van der Waals surface area contributed by atoms with Crippen molar-refractivity contribution >= 4 is 33.4 Å². The predicted octanol–water partition coefficient (Wildman–Crippen LogP) is 2.86. The van der Waals surface area contributed by atoms with E-state index >= 15 is 0 Å². The van der Waals surface area contributed by atoms with Crippen LogP contribution >= 0.6 is 15.9 Å². The van der Waals surface area contributed by atoms with Gasteiger partial charge in [-0.2, -0.15) is 0 Å². The molecule has 0 aromatic heterocycles. The molecule has 0 aliphatic rings. The smallest absolute Gasteiger partial charge is 0.233 e. The first-order valence-electron chi connectivity index (χ1n) is 6.21. The molecule has 0 aliphatic heterocycles. The Kier molecular flexibility index (Phi) is 6.02. The highest BCUT2D eigenvalue weighted by atomic mass is 79.9. The van der Waals surface area contributed by atoms with Crippen LogP contribution in [-0.2, 0) is 9.59 Å². The Morgan fingerprint density at radius 3 is 2.53 bits per heavy atom. The molecule has 0 spiro atoms. The molecule has 0 heterocycles. The molecule has 1 aromatic carbocycles. The van der Waals surface area contributed by atoms with Gasteiger partial charge in [0.2, 0.25) is 11.8 Å². The maximum atomic E-state index is 11.7. The number of benzene rings is 1. The third-order valence-corrected chi connectivity index (χ3v) is 3.36. The maximum Gasteiger partial charge on any atom is 0.233 e. The predicted molar refractivity (Wildman–Crippen MR) is 80.0 cm³/mol. The summed E-state index contributed by atoms with van der Waals surface area (Å²) in [7, 11) is 0. The number of hydrogen-bond donors (Lipinski definition) is 2. The maximum absolute atomic E-state index is 11.7. The van der Waals surface area contributed by atoms with Crippen molar-refractivity contribution in [3.63, 3.8) is 0 Å². The van der Waals surface area contributed by atoms with E-state index in [4.69, 9.17) is 0 Å². The Bertz CT molecular complexity index is 473. The van der Waals surface area contributed by atoms with Crippen LogP contribution in [0.25, 0.3) is 0 Å². The quantitative estimate of drug-likeness (QED) is 0.817. The minimum Gasteiger partial charge on any atom is -0.355 e. The number of carbonyl (C=O) groups excluding carboxylic acids is 2. The molecule has 5 heteroatoms. The van der Waals surface area contributed by atoms with Crippen molar-refractivity contribution in [1.82, 2.24) is 5.32 Å². The van der Waals surface area contributed by atoms with E-state index in [9.17, 15) is 9.59 Å². The molecule has 4 nitrogen and oxygen atoms in total. The lowest BCUT2D eigenvalue weighted by molar-refractivity contribution is -0.126. The molecule has 0 fully saturated rings. The van der Waals surface area contributed by atoms with Gasteiger partial charge in [-0.25, -0.2) is 0 Å². The lowest BCUT2D eigenvalue weighted by Gasteiger charge is -2.09. The molecule has 2 N–H and O–H groups in total. The molecule has 2 amide bonds. The minimum atomic E-state index is -0.303. The van der Waals surface area contributed by atoms with E-state index in [0.717, 1.165) is 10.0 Å². The van der Waals surface area contributed by atoms with Crippen LogP contribution in [0.2, 0.25) is 0 Å². The third-order valence-electron chi connectivity index (χ3n) is 2.47. The van der Waals surface area contributed by atoms with Crippen LogP contribution in [-0.4, -0.2) is 18.4 Å². The van der Waals surface area contributed by atoms with Crippen LogP contribution in [0.15, 0.2) is 22.7 Å². The highest BCUT2D eigenvalue weighted by Crippen LogP contribution is 2.19. The van der Waals surface area contributed by atoms with Gasteiger partial charge in [-0.05, 0) is 36.6 Å². The monoisotopic (exact) mass is 326 g/mol. The average Bonchev–Trinajstić information content (AvgIpc) is 2.31. The zero-order valence-electron chi connectivity index (χ0n) is 11.4. The summed E-state index contributed by atoms with van der Waals surface area (Å²) in [5.74, 6) is -0.177. The van der Waals surface area contributed by atoms with E-state index in [1.165, 1.54) is 0 Å². The van der Waals surface area contributed by atoms with Crippen molar-refractivity contribution in [1.29, 1.82) is 0 Å². The Hall–Kier alpha value is -1.36. The van der Waals surface area contributed by atoms with E-state index in [2.05, 4.69) is 26.6 Å². The van der Waals surface area contributed by atoms with Gasteiger partial charge in [0.25, 0.3) is 0 Å². The number of carbonyl (C=O) groups is 2. The number of aryl methyl sites for hydroxylation is 1. The number of nitrogens with one attached hydrogen (secondary N) is 2. The van der Waals surface area contributed by atoms with Crippen LogP contribution in [0.3, 0.4) is 0 Å². The van der Waals surface area contributed by atoms with E-state index < -0.39 is 0 Å². The van der Waals surface area contributed by atoms with Crippen LogP contribution in [0.1, 0.15) is 25.8 Å². The van der Waals surface area contributed by atoms with Crippen molar-refractivity contribution in [2.24, 2.45) is 5.92 Å². The topological polar surface area (TPSA) is 58.2 Å². The highest BCUT2D eigenvalue weighted by Gasteiger charge is 2.10. The van der Waals surface area contributed by atoms with Gasteiger partial charge in [-0.3, -0.25) is 9.59 Å². The lowest BCUT2D eigenvalue weighted by atomic mass is 10.2. The van der Waals surface area contributed by atoms with Crippen molar-refractivity contribution in [3.8, 4) is 0 Å². The fourth-order valence-electron chi connectivity index (χ4n) is 1.45. The second-order valence-corrected chi connectivity index (χ2v) is 5.74. The summed E-state index contributed by atoms with van der Waals surface area (Å²) in [5, 5.41) is 5.42. The largest absolute Gasteiger partial charge is 0.355 e. The van der Waals surface area contributed by atoms with Gasteiger partial charge in [0.05, 0.1) is 0 Å². The molecule has 0 saturated heterocycles. The molecule has 1 aromatic rings. The molecule has 0 aliphatic carbocycles. The summed E-state index contributed by atoms with van der Waals surface area (Å²) in [6.07, 6.45) is -0.151. The average molecular weight is 327 g/mol. The number of anilines is 1. The first kappa shape index (κ1) is 15.7. The normalized spacial score (nSPS) is 10.4. The van der Waals surface area contributed by atoms with Gasteiger partial charge in [-0.15, -0.1) is 0 Å². The second kappa shape index (κ2) is 7.28. The fraction of sp³-hybridized carbons (Fsp3) is 0.429. The summed E-state index contributed by atoms with van der Waals surface area (Å²) in [6.45, 7) is 6.54. The standard InChI is InChI=1S/C14H19BrN2O2/c1-9(2)8-16-13(18)7-14(19)17-11-4-5-12(15)10(3)6-11/h4-6,9H,7-8H2,1-3H3,(H,16,18)(H,17,19). The summed E-state index contributed by atoms with van der Waals surface area (Å²) < 4.78 is 0.986.